The number of carbonyl (C=O) groups excluding carboxylic acids is 1. The number of anilines is 1. The van der Waals surface area contributed by atoms with Crippen molar-refractivity contribution in [3.63, 3.8) is 0 Å². The Kier molecular flexibility index (Phi) is 4.87. The maximum atomic E-state index is 13.2. The lowest BCUT2D eigenvalue weighted by molar-refractivity contribution is -0.119. The molecule has 1 saturated heterocycles. The summed E-state index contributed by atoms with van der Waals surface area (Å²) in [4.78, 5) is 16.1. The predicted molar refractivity (Wildman–Crippen MR) is 73.7 cm³/mol. The van der Waals surface area contributed by atoms with Gasteiger partial charge in [0.25, 0.3) is 0 Å². The highest BCUT2D eigenvalue weighted by atomic mass is 19.1. The highest BCUT2D eigenvalue weighted by Crippen LogP contribution is 2.15. The third-order valence-electron chi connectivity index (χ3n) is 3.31. The molecule has 1 aromatic rings. The highest BCUT2D eigenvalue weighted by Gasteiger charge is 2.19. The molecule has 0 aliphatic carbocycles. The first kappa shape index (κ1) is 14.0. The Morgan fingerprint density at radius 2 is 2.16 bits per heavy atom. The molecule has 1 N–H and O–H groups in total. The molecule has 0 atom stereocenters. The first-order valence-electron chi connectivity index (χ1n) is 6.69. The molecule has 0 bridgehead atoms. The lowest BCUT2D eigenvalue weighted by Gasteiger charge is -2.29. The number of nitrogens with one attached hydrogen (secondary N) is 1. The van der Waals surface area contributed by atoms with Crippen molar-refractivity contribution in [2.75, 3.05) is 44.2 Å². The highest BCUT2D eigenvalue weighted by molar-refractivity contribution is 5.94. The smallest absolute Gasteiger partial charge is 0.241 e. The molecule has 4 nitrogen and oxygen atoms in total. The Bertz CT molecular complexity index is 432. The number of benzene rings is 1. The molecular weight excluding hydrogens is 245 g/mol. The number of nitrogens with zero attached hydrogens (tertiary/aromatic N) is 2. The van der Waals surface area contributed by atoms with Crippen LogP contribution in [0.5, 0.6) is 0 Å². The largest absolute Gasteiger partial charge is 0.314 e. The van der Waals surface area contributed by atoms with Gasteiger partial charge in [-0.2, -0.15) is 0 Å². The molecular formula is C14H20FN3O. The van der Waals surface area contributed by atoms with E-state index in [4.69, 9.17) is 0 Å². The van der Waals surface area contributed by atoms with Gasteiger partial charge in [0, 0.05) is 38.4 Å². The standard InChI is InChI=1S/C14H20FN3O/c1-2-18(13-5-3-4-12(15)10-13)14(19)11-17-8-6-16-7-9-17/h3-5,10,16H,2,6-9,11H2,1H3. The molecule has 2 rings (SSSR count). The van der Waals surface area contributed by atoms with Crippen molar-refractivity contribution in [3.05, 3.63) is 30.1 Å². The van der Waals surface area contributed by atoms with Gasteiger partial charge in [0.15, 0.2) is 0 Å². The number of hydrogen-bond acceptors (Lipinski definition) is 3. The zero-order valence-electron chi connectivity index (χ0n) is 11.2. The fraction of sp³-hybridized carbons (Fsp3) is 0.500. The van der Waals surface area contributed by atoms with Crippen LogP contribution in [0.15, 0.2) is 24.3 Å². The van der Waals surface area contributed by atoms with E-state index in [1.165, 1.54) is 12.1 Å². The zero-order chi connectivity index (χ0) is 13.7. The Morgan fingerprint density at radius 1 is 1.42 bits per heavy atom. The van der Waals surface area contributed by atoms with Gasteiger partial charge in [0.2, 0.25) is 5.91 Å². The second-order valence-corrected chi connectivity index (χ2v) is 4.64. The van der Waals surface area contributed by atoms with Crippen LogP contribution in [0.4, 0.5) is 10.1 Å². The maximum Gasteiger partial charge on any atom is 0.241 e. The normalized spacial score (nSPS) is 16.3. The summed E-state index contributed by atoms with van der Waals surface area (Å²) in [6, 6.07) is 6.19. The van der Waals surface area contributed by atoms with Crippen LogP contribution < -0.4 is 10.2 Å². The van der Waals surface area contributed by atoms with Crippen LogP contribution in [0.25, 0.3) is 0 Å². The SMILES string of the molecule is CCN(C(=O)CN1CCNCC1)c1cccc(F)c1. The number of hydrogen-bond donors (Lipinski definition) is 1. The maximum absolute atomic E-state index is 13.2. The fourth-order valence-electron chi connectivity index (χ4n) is 2.29. The van der Waals surface area contributed by atoms with Gasteiger partial charge in [0.1, 0.15) is 5.82 Å². The molecule has 104 valence electrons. The second-order valence-electron chi connectivity index (χ2n) is 4.64. The second kappa shape index (κ2) is 6.63. The molecule has 1 heterocycles. The molecule has 1 aromatic carbocycles. The summed E-state index contributed by atoms with van der Waals surface area (Å²) >= 11 is 0. The van der Waals surface area contributed by atoms with E-state index in [0.717, 1.165) is 26.2 Å². The Labute approximate surface area is 113 Å². The van der Waals surface area contributed by atoms with Crippen LogP contribution in [0.1, 0.15) is 6.92 Å². The van der Waals surface area contributed by atoms with E-state index in [2.05, 4.69) is 10.2 Å². The number of rotatable bonds is 4. The predicted octanol–water partition coefficient (Wildman–Crippen LogP) is 1.08. The van der Waals surface area contributed by atoms with E-state index >= 15 is 0 Å². The van der Waals surface area contributed by atoms with E-state index < -0.39 is 0 Å². The van der Waals surface area contributed by atoms with Gasteiger partial charge in [0.05, 0.1) is 6.54 Å². The van der Waals surface area contributed by atoms with Crippen molar-refractivity contribution < 1.29 is 9.18 Å². The van der Waals surface area contributed by atoms with E-state index in [1.54, 1.807) is 17.0 Å². The molecule has 19 heavy (non-hydrogen) atoms. The van der Waals surface area contributed by atoms with Gasteiger partial charge >= 0.3 is 0 Å². The molecule has 1 amide bonds. The van der Waals surface area contributed by atoms with E-state index in [9.17, 15) is 9.18 Å². The van der Waals surface area contributed by atoms with Crippen molar-refractivity contribution in [2.45, 2.75) is 6.92 Å². The number of likely N-dealkylation sites (N-methyl/N-ethyl adjacent to an activating group) is 1. The van der Waals surface area contributed by atoms with Crippen LogP contribution in [0, 0.1) is 5.82 Å². The molecule has 5 heteroatoms. The topological polar surface area (TPSA) is 35.6 Å². The van der Waals surface area contributed by atoms with Crippen LogP contribution in [0.3, 0.4) is 0 Å². The average molecular weight is 265 g/mol. The van der Waals surface area contributed by atoms with Crippen LogP contribution in [0.2, 0.25) is 0 Å². The molecule has 0 radical (unpaired) electrons. The molecule has 0 unspecified atom stereocenters. The number of amides is 1. The van der Waals surface area contributed by atoms with Gasteiger partial charge in [-0.1, -0.05) is 6.07 Å². The summed E-state index contributed by atoms with van der Waals surface area (Å²) in [5.74, 6) is -0.291. The lowest BCUT2D eigenvalue weighted by Crippen LogP contribution is -2.48. The summed E-state index contributed by atoms with van der Waals surface area (Å²) < 4.78 is 13.2. The minimum Gasteiger partial charge on any atom is -0.314 e. The number of piperazine rings is 1. The summed E-state index contributed by atoms with van der Waals surface area (Å²) in [6.45, 7) is 6.44. The first-order valence-corrected chi connectivity index (χ1v) is 6.69. The average Bonchev–Trinajstić information content (AvgIpc) is 2.41. The van der Waals surface area contributed by atoms with Crippen LogP contribution in [-0.4, -0.2) is 50.1 Å². The summed E-state index contributed by atoms with van der Waals surface area (Å²) in [7, 11) is 0. The van der Waals surface area contributed by atoms with Gasteiger partial charge in [-0.25, -0.2) is 4.39 Å². The molecule has 0 spiro atoms. The van der Waals surface area contributed by atoms with Crippen LogP contribution in [-0.2, 0) is 4.79 Å². The first-order chi connectivity index (χ1) is 9.20. The number of halogens is 1. The van der Waals surface area contributed by atoms with Gasteiger partial charge < -0.3 is 10.2 Å². The van der Waals surface area contributed by atoms with Crippen molar-refractivity contribution in [3.8, 4) is 0 Å². The Morgan fingerprint density at radius 3 is 2.79 bits per heavy atom. The molecule has 1 aliphatic heterocycles. The van der Waals surface area contributed by atoms with Crippen molar-refractivity contribution >= 4 is 11.6 Å². The summed E-state index contributed by atoms with van der Waals surface area (Å²) in [6.07, 6.45) is 0. The monoisotopic (exact) mass is 265 g/mol. The van der Waals surface area contributed by atoms with E-state index in [-0.39, 0.29) is 11.7 Å². The van der Waals surface area contributed by atoms with Gasteiger partial charge in [-0.15, -0.1) is 0 Å². The Hall–Kier alpha value is -1.46. The Balaban J connectivity index is 2.02. The third-order valence-corrected chi connectivity index (χ3v) is 3.31. The minimum atomic E-state index is -0.314. The summed E-state index contributed by atoms with van der Waals surface area (Å²) in [5.41, 5.74) is 0.627. The van der Waals surface area contributed by atoms with E-state index in [1.807, 2.05) is 6.92 Å². The van der Waals surface area contributed by atoms with E-state index in [0.29, 0.717) is 18.8 Å². The molecule has 0 aromatic heterocycles. The van der Waals surface area contributed by atoms with Crippen molar-refractivity contribution in [2.24, 2.45) is 0 Å². The van der Waals surface area contributed by atoms with Crippen molar-refractivity contribution in [1.82, 2.24) is 10.2 Å². The molecule has 1 fully saturated rings. The minimum absolute atomic E-state index is 0.0231. The molecule has 0 saturated carbocycles. The third kappa shape index (κ3) is 3.75. The zero-order valence-corrected chi connectivity index (χ0v) is 11.2. The fourth-order valence-corrected chi connectivity index (χ4v) is 2.29. The number of carbonyl (C=O) groups is 1. The van der Waals surface area contributed by atoms with Gasteiger partial charge in [-0.3, -0.25) is 9.69 Å². The van der Waals surface area contributed by atoms with Gasteiger partial charge in [-0.05, 0) is 25.1 Å². The quantitative estimate of drug-likeness (QED) is 0.885. The molecule has 1 aliphatic rings. The van der Waals surface area contributed by atoms with Crippen molar-refractivity contribution in [1.29, 1.82) is 0 Å². The lowest BCUT2D eigenvalue weighted by atomic mass is 10.2. The summed E-state index contributed by atoms with van der Waals surface area (Å²) in [5, 5.41) is 3.25. The van der Waals surface area contributed by atoms with Crippen LogP contribution >= 0.6 is 0 Å².